The first-order valence-corrected chi connectivity index (χ1v) is 9.78. The Bertz CT molecular complexity index is 777. The van der Waals surface area contributed by atoms with Gasteiger partial charge in [-0.05, 0) is 36.8 Å². The second-order valence-electron chi connectivity index (χ2n) is 5.07. The van der Waals surface area contributed by atoms with Crippen molar-refractivity contribution in [3.63, 3.8) is 0 Å². The lowest BCUT2D eigenvalue weighted by Gasteiger charge is -2.07. The van der Waals surface area contributed by atoms with Gasteiger partial charge in [0.2, 0.25) is 10.0 Å². The molecule has 0 bridgehead atoms. The van der Waals surface area contributed by atoms with Crippen LogP contribution in [0.4, 0.5) is 0 Å². The fraction of sp³-hybridized carbons (Fsp3) is 0.235. The molecule has 2 aromatic carbocycles. The van der Waals surface area contributed by atoms with E-state index in [4.69, 9.17) is 5.26 Å². The normalized spacial score (nSPS) is 11.1. The first kappa shape index (κ1) is 17.5. The number of aryl methyl sites for hydroxylation is 1. The van der Waals surface area contributed by atoms with E-state index in [0.717, 1.165) is 5.75 Å². The molecule has 0 heterocycles. The van der Waals surface area contributed by atoms with Gasteiger partial charge in [-0.1, -0.05) is 29.8 Å². The van der Waals surface area contributed by atoms with Gasteiger partial charge in [-0.3, -0.25) is 0 Å². The Morgan fingerprint density at radius 2 is 1.74 bits per heavy atom. The summed E-state index contributed by atoms with van der Waals surface area (Å²) in [5.41, 5.74) is 2.90. The van der Waals surface area contributed by atoms with Gasteiger partial charge in [0.05, 0.1) is 16.5 Å². The molecule has 0 aliphatic carbocycles. The number of hydrogen-bond donors (Lipinski definition) is 1. The lowest BCUT2D eigenvalue weighted by atomic mass is 10.2. The third-order valence-corrected chi connectivity index (χ3v) is 5.73. The quantitative estimate of drug-likeness (QED) is 0.782. The van der Waals surface area contributed by atoms with Crippen LogP contribution >= 0.6 is 11.8 Å². The lowest BCUT2D eigenvalue weighted by Crippen LogP contribution is -2.26. The van der Waals surface area contributed by atoms with Crippen molar-refractivity contribution in [3.8, 4) is 6.07 Å². The van der Waals surface area contributed by atoms with Gasteiger partial charge in [0.15, 0.2) is 0 Å². The fourth-order valence-corrected chi connectivity index (χ4v) is 3.89. The number of thioether (sulfide) groups is 1. The minimum Gasteiger partial charge on any atom is -0.210 e. The number of sulfonamides is 1. The third-order valence-electron chi connectivity index (χ3n) is 3.22. The average molecular weight is 346 g/mol. The zero-order chi connectivity index (χ0) is 16.7. The van der Waals surface area contributed by atoms with Gasteiger partial charge in [-0.2, -0.15) is 17.0 Å². The van der Waals surface area contributed by atoms with E-state index in [1.807, 2.05) is 6.07 Å². The minimum absolute atomic E-state index is 0.181. The van der Waals surface area contributed by atoms with Crippen LogP contribution in [0.1, 0.15) is 16.7 Å². The molecule has 1 N–H and O–H groups in total. The van der Waals surface area contributed by atoms with Gasteiger partial charge in [-0.15, -0.1) is 0 Å². The monoisotopic (exact) mass is 346 g/mol. The van der Waals surface area contributed by atoms with E-state index in [-0.39, 0.29) is 4.90 Å². The largest absolute Gasteiger partial charge is 0.240 e. The third kappa shape index (κ3) is 5.39. The zero-order valence-corrected chi connectivity index (χ0v) is 14.5. The molecular formula is C17H18N2O2S2. The van der Waals surface area contributed by atoms with Crippen LogP contribution in [-0.4, -0.2) is 20.7 Å². The van der Waals surface area contributed by atoms with E-state index in [2.05, 4.69) is 35.9 Å². The van der Waals surface area contributed by atoms with Crippen molar-refractivity contribution < 1.29 is 8.42 Å². The van der Waals surface area contributed by atoms with Crippen molar-refractivity contribution in [2.45, 2.75) is 17.6 Å². The highest BCUT2D eigenvalue weighted by Crippen LogP contribution is 2.13. The summed E-state index contributed by atoms with van der Waals surface area (Å²) in [6.45, 7) is 2.42. The zero-order valence-electron chi connectivity index (χ0n) is 12.8. The summed E-state index contributed by atoms with van der Waals surface area (Å²) in [6.07, 6.45) is 0. The molecule has 0 aliphatic rings. The molecule has 0 atom stereocenters. The first-order valence-electron chi connectivity index (χ1n) is 7.14. The van der Waals surface area contributed by atoms with Gasteiger partial charge in [0.1, 0.15) is 0 Å². The van der Waals surface area contributed by atoms with E-state index in [1.165, 1.54) is 35.4 Å². The van der Waals surface area contributed by atoms with Crippen LogP contribution in [0.25, 0.3) is 0 Å². The topological polar surface area (TPSA) is 70.0 Å². The molecule has 6 heteroatoms. The van der Waals surface area contributed by atoms with E-state index < -0.39 is 10.0 Å². The van der Waals surface area contributed by atoms with Gasteiger partial charge in [0.25, 0.3) is 0 Å². The van der Waals surface area contributed by atoms with Crippen LogP contribution < -0.4 is 4.72 Å². The average Bonchev–Trinajstić information content (AvgIpc) is 2.56. The first-order chi connectivity index (χ1) is 11.0. The van der Waals surface area contributed by atoms with Crippen LogP contribution in [0, 0.1) is 18.3 Å². The van der Waals surface area contributed by atoms with Crippen LogP contribution in [0.3, 0.4) is 0 Å². The van der Waals surface area contributed by atoms with Gasteiger partial charge < -0.3 is 0 Å². The number of benzene rings is 2. The van der Waals surface area contributed by atoms with Crippen LogP contribution in [0.2, 0.25) is 0 Å². The van der Waals surface area contributed by atoms with Gasteiger partial charge >= 0.3 is 0 Å². The van der Waals surface area contributed by atoms with Crippen LogP contribution in [0.5, 0.6) is 0 Å². The van der Waals surface area contributed by atoms with E-state index in [9.17, 15) is 8.42 Å². The van der Waals surface area contributed by atoms with Gasteiger partial charge in [-0.25, -0.2) is 13.1 Å². The second kappa shape index (κ2) is 8.16. The standard InChI is InChI=1S/C17H18N2O2S2/c1-14-2-4-16(5-3-14)13-22-11-10-19-23(20,21)17-8-6-15(12-18)7-9-17/h2-9,19H,10-11,13H2,1H3. The van der Waals surface area contributed by atoms with E-state index >= 15 is 0 Å². The Hall–Kier alpha value is -1.81. The van der Waals surface area contributed by atoms with Crippen molar-refractivity contribution >= 4 is 21.8 Å². The number of nitriles is 1. The molecule has 0 aromatic heterocycles. The van der Waals surface area contributed by atoms with E-state index in [1.54, 1.807) is 11.8 Å². The number of nitrogens with zero attached hydrogens (tertiary/aromatic N) is 1. The highest BCUT2D eigenvalue weighted by molar-refractivity contribution is 7.98. The number of nitrogens with one attached hydrogen (secondary N) is 1. The maximum atomic E-state index is 12.1. The summed E-state index contributed by atoms with van der Waals surface area (Å²) in [7, 11) is -3.51. The van der Waals surface area contributed by atoms with Crippen molar-refractivity contribution in [2.75, 3.05) is 12.3 Å². The summed E-state index contributed by atoms with van der Waals surface area (Å²) < 4.78 is 26.8. The Morgan fingerprint density at radius 3 is 2.35 bits per heavy atom. The molecule has 4 nitrogen and oxygen atoms in total. The maximum absolute atomic E-state index is 12.1. The molecule has 0 amide bonds. The summed E-state index contributed by atoms with van der Waals surface area (Å²) in [6, 6.07) is 16.2. The molecule has 0 aliphatic heterocycles. The van der Waals surface area contributed by atoms with Crippen molar-refractivity contribution in [1.82, 2.24) is 4.72 Å². The molecule has 0 fully saturated rings. The molecule has 0 unspecified atom stereocenters. The van der Waals surface area contributed by atoms with Gasteiger partial charge in [0, 0.05) is 18.1 Å². The maximum Gasteiger partial charge on any atom is 0.240 e. The summed E-state index contributed by atoms with van der Waals surface area (Å²) in [5.74, 6) is 1.56. The summed E-state index contributed by atoms with van der Waals surface area (Å²) in [4.78, 5) is 0.181. The van der Waals surface area contributed by atoms with Crippen molar-refractivity contribution in [2.24, 2.45) is 0 Å². The smallest absolute Gasteiger partial charge is 0.210 e. The van der Waals surface area contributed by atoms with E-state index in [0.29, 0.717) is 17.9 Å². The minimum atomic E-state index is -3.51. The SMILES string of the molecule is Cc1ccc(CSCCNS(=O)(=O)c2ccc(C#N)cc2)cc1. The number of hydrogen-bond acceptors (Lipinski definition) is 4. The Morgan fingerprint density at radius 1 is 1.09 bits per heavy atom. The second-order valence-corrected chi connectivity index (χ2v) is 7.94. The van der Waals surface area contributed by atoms with Crippen molar-refractivity contribution in [1.29, 1.82) is 5.26 Å². The van der Waals surface area contributed by atoms with Crippen LogP contribution in [0.15, 0.2) is 53.4 Å². The molecule has 120 valence electrons. The highest BCUT2D eigenvalue weighted by atomic mass is 32.2. The Kier molecular flexibility index (Phi) is 6.22. The Balaban J connectivity index is 1.78. The number of rotatable bonds is 7. The molecule has 0 radical (unpaired) electrons. The molecule has 0 spiro atoms. The summed E-state index contributed by atoms with van der Waals surface area (Å²) >= 11 is 1.68. The fourth-order valence-electron chi connectivity index (χ4n) is 1.91. The molecule has 23 heavy (non-hydrogen) atoms. The molecular weight excluding hydrogens is 328 g/mol. The lowest BCUT2D eigenvalue weighted by molar-refractivity contribution is 0.584. The highest BCUT2D eigenvalue weighted by Gasteiger charge is 2.12. The predicted octanol–water partition coefficient (Wildman–Crippen LogP) is 3.08. The van der Waals surface area contributed by atoms with Crippen LogP contribution in [-0.2, 0) is 15.8 Å². The predicted molar refractivity (Wildman–Crippen MR) is 93.7 cm³/mol. The summed E-state index contributed by atoms with van der Waals surface area (Å²) in [5, 5.41) is 8.72. The Labute approximate surface area is 141 Å². The molecule has 0 saturated heterocycles. The molecule has 2 rings (SSSR count). The van der Waals surface area contributed by atoms with Crippen molar-refractivity contribution in [3.05, 3.63) is 65.2 Å². The molecule has 0 saturated carbocycles. The molecule has 2 aromatic rings.